The zero-order chi connectivity index (χ0) is 26.7. The van der Waals surface area contributed by atoms with Gasteiger partial charge in [0.05, 0.1) is 39.1 Å². The van der Waals surface area contributed by atoms with Gasteiger partial charge in [0.15, 0.2) is 0 Å². The van der Waals surface area contributed by atoms with Gasteiger partial charge in [0.25, 0.3) is 0 Å². The summed E-state index contributed by atoms with van der Waals surface area (Å²) in [7, 11) is 0. The lowest BCUT2D eigenvalue weighted by Crippen LogP contribution is -2.48. The van der Waals surface area contributed by atoms with Crippen molar-refractivity contribution in [2.24, 2.45) is 11.5 Å². The highest BCUT2D eigenvalue weighted by atomic mass is 32.5. The second-order valence-corrected chi connectivity index (χ2v) is 11.7. The van der Waals surface area contributed by atoms with Crippen LogP contribution in [0.15, 0.2) is 0 Å². The lowest BCUT2D eigenvalue weighted by Gasteiger charge is -2.27. The first-order valence-electron chi connectivity index (χ1n) is 9.73. The maximum Gasteiger partial charge on any atom is 0.402 e. The van der Waals surface area contributed by atoms with Gasteiger partial charge in [0.1, 0.15) is 18.3 Å². The lowest BCUT2D eigenvalue weighted by atomic mass is 10.0. The molecule has 0 radical (unpaired) electrons. The third-order valence-electron chi connectivity index (χ3n) is 2.92. The summed E-state index contributed by atoms with van der Waals surface area (Å²) in [5, 5.41) is 51.4. The molecule has 0 aliphatic rings. The number of aliphatic hydroxyl groups is 5. The normalized spacial score (nSPS) is 15.2. The third-order valence-corrected chi connectivity index (χ3v) is 9.28. The topological polar surface area (TPSA) is 237 Å². The third kappa shape index (κ3) is 20.1. The molecule has 0 aliphatic carbocycles. The second-order valence-electron chi connectivity index (χ2n) is 5.52. The number of carboxylic acid groups (broad SMARTS) is 1. The molecule has 0 bridgehead atoms. The zero-order valence-electron chi connectivity index (χ0n) is 19.1. The van der Waals surface area contributed by atoms with E-state index in [4.69, 9.17) is 87.2 Å². The van der Waals surface area contributed by atoms with Crippen molar-refractivity contribution in [1.29, 1.82) is 0 Å². The van der Waals surface area contributed by atoms with Gasteiger partial charge in [-0.1, -0.05) is 0 Å². The largest absolute Gasteiger partial charge is 0.465 e. The van der Waals surface area contributed by atoms with Crippen LogP contribution in [0.4, 0.5) is 4.79 Å². The van der Waals surface area contributed by atoms with Crippen LogP contribution in [0.25, 0.3) is 0 Å². The van der Waals surface area contributed by atoms with Gasteiger partial charge in [-0.15, -0.1) is 0 Å². The number of carbonyl (C=O) groups is 1. The van der Waals surface area contributed by atoms with Crippen LogP contribution >= 0.6 is 13.4 Å². The number of hydrogen-bond donors (Lipinski definition) is 8. The maximum atomic E-state index is 9.04. The van der Waals surface area contributed by atoms with Gasteiger partial charge < -0.3 is 60.2 Å². The fourth-order valence-corrected chi connectivity index (χ4v) is 8.00. The molecule has 0 aromatic heterocycles. The van der Waals surface area contributed by atoms with E-state index < -0.39 is 50.6 Å². The number of nitrogens with two attached hydrogens (primary N) is 2. The standard InChI is InChI=1S/C8H20O5P2S2.C6H15NO5.CH3NO2/c1-5-9-14(16,10-6-2)13-15(17,11-7-3)12-8-4;7-1-3(9)5(11)6(12)4(10)2-8;2-1(3)4/h5-8H2,1-4H3;3-6,8-12H,1-2,7H2;2H2,(H,3,4)/t;3-,4+,5+,6+;/m.0./s1. The Bertz CT molecular complexity index is 527. The van der Waals surface area contributed by atoms with Crippen molar-refractivity contribution in [2.45, 2.75) is 52.1 Å². The molecule has 0 aromatic rings. The summed E-state index contributed by atoms with van der Waals surface area (Å²) in [4.78, 5) is 8.78. The average Bonchev–Trinajstić information content (AvgIpc) is 2.71. The van der Waals surface area contributed by atoms with E-state index in [1.54, 1.807) is 0 Å². The molecular formula is C15H38N2O12P2S2. The van der Waals surface area contributed by atoms with Crippen LogP contribution in [0.2, 0.25) is 0 Å². The minimum atomic E-state index is -2.87. The second kappa shape index (κ2) is 21.4. The van der Waals surface area contributed by atoms with Gasteiger partial charge in [0, 0.05) is 6.54 Å². The van der Waals surface area contributed by atoms with Crippen molar-refractivity contribution >= 4 is 43.1 Å². The Labute approximate surface area is 204 Å². The van der Waals surface area contributed by atoms with Crippen LogP contribution in [0.1, 0.15) is 27.7 Å². The summed E-state index contributed by atoms with van der Waals surface area (Å²) in [6, 6.07) is 0. The molecule has 0 saturated carbocycles. The number of hydrogen-bond acceptors (Lipinski definition) is 14. The minimum absolute atomic E-state index is 0.226. The van der Waals surface area contributed by atoms with Crippen LogP contribution in [-0.2, 0) is 46.0 Å². The van der Waals surface area contributed by atoms with Crippen LogP contribution in [0, 0.1) is 0 Å². The molecule has 0 unspecified atom stereocenters. The van der Waals surface area contributed by atoms with E-state index >= 15 is 0 Å². The molecule has 0 spiro atoms. The van der Waals surface area contributed by atoms with E-state index in [0.29, 0.717) is 26.4 Å². The molecule has 14 nitrogen and oxygen atoms in total. The Morgan fingerprint density at radius 2 is 1.09 bits per heavy atom. The number of primary amides is 1. The number of aliphatic hydroxyl groups excluding tert-OH is 5. The molecule has 10 N–H and O–H groups in total. The molecule has 0 fully saturated rings. The summed E-state index contributed by atoms with van der Waals surface area (Å²) in [5.74, 6) is 0. The smallest absolute Gasteiger partial charge is 0.402 e. The first-order valence-corrected chi connectivity index (χ1v) is 14.8. The SMILES string of the molecule is CCOP(=S)(OCC)OP(=S)(OCC)OCC.NC(=O)O.NC[C@H](O)[C@@H](O)[C@H](O)[C@H](O)CO. The molecule has 4 atom stereocenters. The monoisotopic (exact) mass is 564 g/mol. The molecule has 0 aliphatic heterocycles. The van der Waals surface area contributed by atoms with E-state index in [9.17, 15) is 0 Å². The number of amides is 1. The van der Waals surface area contributed by atoms with Crippen molar-refractivity contribution in [3.8, 4) is 0 Å². The maximum absolute atomic E-state index is 9.04. The van der Waals surface area contributed by atoms with E-state index in [-0.39, 0.29) is 6.54 Å². The lowest BCUT2D eigenvalue weighted by molar-refractivity contribution is -0.112. The molecule has 18 heteroatoms. The van der Waals surface area contributed by atoms with Crippen molar-refractivity contribution in [2.75, 3.05) is 39.6 Å². The summed E-state index contributed by atoms with van der Waals surface area (Å²) in [6.07, 6.45) is -7.24. The summed E-state index contributed by atoms with van der Waals surface area (Å²) in [6.45, 7) is 2.18. The van der Waals surface area contributed by atoms with Crippen LogP contribution in [-0.4, -0.2) is 101 Å². The Morgan fingerprint density at radius 3 is 1.30 bits per heavy atom. The van der Waals surface area contributed by atoms with Gasteiger partial charge in [0.2, 0.25) is 0 Å². The Morgan fingerprint density at radius 1 is 0.818 bits per heavy atom. The number of rotatable bonds is 15. The quantitative estimate of drug-likeness (QED) is 0.118. The molecule has 0 heterocycles. The average molecular weight is 565 g/mol. The fourth-order valence-electron chi connectivity index (χ4n) is 1.63. The van der Waals surface area contributed by atoms with Gasteiger partial charge in [-0.25, -0.2) is 9.11 Å². The predicted molar refractivity (Wildman–Crippen MR) is 129 cm³/mol. The van der Waals surface area contributed by atoms with Crippen molar-refractivity contribution in [1.82, 2.24) is 0 Å². The Hall–Kier alpha value is 0.130. The highest BCUT2D eigenvalue weighted by Gasteiger charge is 2.32. The minimum Gasteiger partial charge on any atom is -0.465 e. The summed E-state index contributed by atoms with van der Waals surface area (Å²) >= 11 is 10.4. The zero-order valence-corrected chi connectivity index (χ0v) is 22.5. The van der Waals surface area contributed by atoms with Crippen LogP contribution < -0.4 is 11.5 Å². The van der Waals surface area contributed by atoms with Crippen molar-refractivity contribution in [3.63, 3.8) is 0 Å². The van der Waals surface area contributed by atoms with E-state index in [0.717, 1.165) is 0 Å². The predicted octanol–water partition coefficient (Wildman–Crippen LogP) is -0.398. The van der Waals surface area contributed by atoms with E-state index in [2.05, 4.69) is 5.73 Å². The molecule has 33 heavy (non-hydrogen) atoms. The van der Waals surface area contributed by atoms with Crippen LogP contribution in [0.3, 0.4) is 0 Å². The van der Waals surface area contributed by atoms with E-state index in [1.165, 1.54) is 0 Å². The highest BCUT2D eigenvalue weighted by Crippen LogP contribution is 2.66. The molecule has 0 rings (SSSR count). The molecule has 0 aromatic carbocycles. The van der Waals surface area contributed by atoms with Gasteiger partial charge in [-0.05, 0) is 51.3 Å². The molecule has 0 saturated heterocycles. The first-order chi connectivity index (χ1) is 15.2. The summed E-state index contributed by atoms with van der Waals surface area (Å²) < 4.78 is 26.9. The first kappa shape index (κ1) is 37.7. The molecular weight excluding hydrogens is 526 g/mol. The van der Waals surface area contributed by atoms with Crippen LogP contribution in [0.5, 0.6) is 0 Å². The Balaban J connectivity index is -0.000000488. The van der Waals surface area contributed by atoms with E-state index in [1.807, 2.05) is 27.7 Å². The van der Waals surface area contributed by atoms with Gasteiger partial charge in [-0.2, -0.15) is 0 Å². The van der Waals surface area contributed by atoms with Gasteiger partial charge in [-0.3, -0.25) is 0 Å². The van der Waals surface area contributed by atoms with Crippen molar-refractivity contribution < 1.29 is 57.8 Å². The Kier molecular flexibility index (Phi) is 24.4. The molecule has 1 amide bonds. The highest BCUT2D eigenvalue weighted by molar-refractivity contribution is 8.14. The van der Waals surface area contributed by atoms with Crippen molar-refractivity contribution in [3.05, 3.63) is 0 Å². The fraction of sp³-hybridized carbons (Fsp3) is 0.933. The molecule has 202 valence electrons. The van der Waals surface area contributed by atoms with Gasteiger partial charge >= 0.3 is 19.5 Å². The summed E-state index contributed by atoms with van der Waals surface area (Å²) in [5.41, 5.74) is 9.01.